The molecule has 0 fully saturated rings. The van der Waals surface area contributed by atoms with Gasteiger partial charge in [0.2, 0.25) is 11.6 Å². The van der Waals surface area contributed by atoms with Gasteiger partial charge in [-0.1, -0.05) is 17.7 Å². The summed E-state index contributed by atoms with van der Waals surface area (Å²) in [6.45, 7) is 3.61. The quantitative estimate of drug-likeness (QED) is 0.573. The zero-order chi connectivity index (χ0) is 17.3. The van der Waals surface area contributed by atoms with E-state index in [2.05, 4.69) is 20.4 Å². The molecule has 0 unspecified atom stereocenters. The van der Waals surface area contributed by atoms with Crippen LogP contribution >= 0.6 is 11.6 Å². The number of aromatic nitrogens is 4. The number of anilines is 2. The minimum absolute atomic E-state index is 0.0693. The number of benzene rings is 1. The van der Waals surface area contributed by atoms with E-state index < -0.39 is 4.92 Å². The van der Waals surface area contributed by atoms with Crippen LogP contribution in [0.5, 0.6) is 0 Å². The molecule has 24 heavy (non-hydrogen) atoms. The van der Waals surface area contributed by atoms with Crippen molar-refractivity contribution in [3.8, 4) is 5.82 Å². The molecule has 3 rings (SSSR count). The van der Waals surface area contributed by atoms with Crippen molar-refractivity contribution in [3.05, 3.63) is 63.2 Å². The summed E-state index contributed by atoms with van der Waals surface area (Å²) in [4.78, 5) is 19.1. The van der Waals surface area contributed by atoms with E-state index in [1.54, 1.807) is 31.2 Å². The fourth-order valence-corrected chi connectivity index (χ4v) is 2.52. The average Bonchev–Trinajstić information content (AvgIpc) is 2.85. The summed E-state index contributed by atoms with van der Waals surface area (Å²) in [6.07, 6.45) is 1.26. The Bertz CT molecular complexity index is 924. The molecule has 9 heteroatoms. The fourth-order valence-electron chi connectivity index (χ4n) is 2.33. The van der Waals surface area contributed by atoms with E-state index in [1.807, 2.05) is 13.0 Å². The van der Waals surface area contributed by atoms with E-state index >= 15 is 0 Å². The molecular weight excluding hydrogens is 332 g/mol. The Morgan fingerprint density at radius 3 is 2.67 bits per heavy atom. The molecular formula is C15H13ClN6O2. The maximum atomic E-state index is 11.6. The van der Waals surface area contributed by atoms with Crippen molar-refractivity contribution in [3.63, 3.8) is 0 Å². The van der Waals surface area contributed by atoms with Crippen LogP contribution in [-0.2, 0) is 0 Å². The van der Waals surface area contributed by atoms with Crippen LogP contribution in [0, 0.1) is 24.0 Å². The van der Waals surface area contributed by atoms with Gasteiger partial charge in [-0.15, -0.1) is 0 Å². The molecule has 0 bridgehead atoms. The van der Waals surface area contributed by atoms with Crippen molar-refractivity contribution in [1.29, 1.82) is 0 Å². The Kier molecular flexibility index (Phi) is 4.13. The van der Waals surface area contributed by atoms with Gasteiger partial charge in [-0.2, -0.15) is 5.10 Å². The summed E-state index contributed by atoms with van der Waals surface area (Å²) in [7, 11) is 0. The third kappa shape index (κ3) is 3.04. The van der Waals surface area contributed by atoms with Crippen LogP contribution in [0.1, 0.15) is 11.4 Å². The van der Waals surface area contributed by atoms with Gasteiger partial charge >= 0.3 is 5.69 Å². The molecule has 0 spiro atoms. The Hall–Kier alpha value is -3.00. The number of hydrogen-bond donors (Lipinski definition) is 1. The van der Waals surface area contributed by atoms with Gasteiger partial charge < -0.3 is 5.32 Å². The summed E-state index contributed by atoms with van der Waals surface area (Å²) < 4.78 is 1.43. The highest BCUT2D eigenvalue weighted by Crippen LogP contribution is 2.31. The van der Waals surface area contributed by atoms with Gasteiger partial charge in [0.25, 0.3) is 0 Å². The average molecular weight is 345 g/mol. The first-order chi connectivity index (χ1) is 11.5. The van der Waals surface area contributed by atoms with E-state index in [0.29, 0.717) is 10.7 Å². The van der Waals surface area contributed by atoms with Crippen LogP contribution in [0.3, 0.4) is 0 Å². The lowest BCUT2D eigenvalue weighted by molar-refractivity contribution is -0.384. The zero-order valence-electron chi connectivity index (χ0n) is 12.9. The molecule has 2 aromatic heterocycles. The van der Waals surface area contributed by atoms with Crippen molar-refractivity contribution in [2.24, 2.45) is 0 Å². The zero-order valence-corrected chi connectivity index (χ0v) is 13.7. The number of rotatable bonds is 4. The molecule has 8 nitrogen and oxygen atoms in total. The number of hydrogen-bond acceptors (Lipinski definition) is 6. The molecule has 2 heterocycles. The molecule has 0 aliphatic rings. The Morgan fingerprint density at radius 2 is 2.04 bits per heavy atom. The predicted octanol–water partition coefficient (Wildman–Crippen LogP) is 3.58. The predicted molar refractivity (Wildman–Crippen MR) is 90.0 cm³/mol. The van der Waals surface area contributed by atoms with Gasteiger partial charge in [-0.25, -0.2) is 14.6 Å². The highest BCUT2D eigenvalue weighted by atomic mass is 35.5. The van der Waals surface area contributed by atoms with Crippen LogP contribution in [0.25, 0.3) is 5.82 Å². The van der Waals surface area contributed by atoms with Crippen molar-refractivity contribution in [2.45, 2.75) is 13.8 Å². The van der Waals surface area contributed by atoms with E-state index in [4.69, 9.17) is 11.6 Å². The summed E-state index contributed by atoms with van der Waals surface area (Å²) >= 11 is 5.94. The van der Waals surface area contributed by atoms with Gasteiger partial charge in [-0.3, -0.25) is 10.1 Å². The second-order valence-corrected chi connectivity index (χ2v) is 5.56. The summed E-state index contributed by atoms with van der Waals surface area (Å²) in [5, 5.41) is 19.3. The molecule has 1 N–H and O–H groups in total. The van der Waals surface area contributed by atoms with Crippen LogP contribution in [-0.4, -0.2) is 24.7 Å². The molecule has 0 aliphatic heterocycles. The minimum atomic E-state index is -0.529. The molecule has 0 saturated carbocycles. The maximum Gasteiger partial charge on any atom is 0.355 e. The standard InChI is InChI=1S/C15H13ClN6O2/c1-9-6-10(2)21(20-9)15-13(22(23)24)14(17-8-18-15)19-12-5-3-4-11(16)7-12/h3-8H,1-2H3,(H,17,18,19). The van der Waals surface area contributed by atoms with Gasteiger partial charge in [0.15, 0.2) is 0 Å². The van der Waals surface area contributed by atoms with Crippen molar-refractivity contribution in [2.75, 3.05) is 5.32 Å². The number of aryl methyl sites for hydroxylation is 2. The smallest absolute Gasteiger partial charge is 0.334 e. The van der Waals surface area contributed by atoms with E-state index in [9.17, 15) is 10.1 Å². The monoisotopic (exact) mass is 344 g/mol. The number of nitro groups is 1. The molecule has 1 aromatic carbocycles. The Balaban J connectivity index is 2.12. The summed E-state index contributed by atoms with van der Waals surface area (Å²) in [5.41, 5.74) is 1.81. The van der Waals surface area contributed by atoms with Crippen LogP contribution in [0.2, 0.25) is 5.02 Å². The highest BCUT2D eigenvalue weighted by Gasteiger charge is 2.26. The molecule has 3 aromatic rings. The van der Waals surface area contributed by atoms with Crippen LogP contribution in [0.15, 0.2) is 36.7 Å². The lowest BCUT2D eigenvalue weighted by Crippen LogP contribution is -2.09. The van der Waals surface area contributed by atoms with E-state index in [0.717, 1.165) is 11.4 Å². The molecule has 0 atom stereocenters. The second kappa shape index (κ2) is 6.25. The molecule has 0 saturated heterocycles. The van der Waals surface area contributed by atoms with Crippen molar-refractivity contribution >= 4 is 28.8 Å². The number of nitrogens with zero attached hydrogens (tertiary/aromatic N) is 5. The van der Waals surface area contributed by atoms with Crippen LogP contribution < -0.4 is 5.32 Å². The first kappa shape index (κ1) is 15.9. The number of nitrogens with one attached hydrogen (secondary N) is 1. The highest BCUT2D eigenvalue weighted by molar-refractivity contribution is 6.30. The third-order valence-corrected chi connectivity index (χ3v) is 3.52. The maximum absolute atomic E-state index is 11.6. The Labute approximate surface area is 142 Å². The van der Waals surface area contributed by atoms with E-state index in [1.165, 1.54) is 11.0 Å². The summed E-state index contributed by atoms with van der Waals surface area (Å²) in [5.74, 6) is 0.171. The van der Waals surface area contributed by atoms with Gasteiger partial charge in [0.05, 0.1) is 10.6 Å². The van der Waals surface area contributed by atoms with Gasteiger partial charge in [0, 0.05) is 16.4 Å². The van der Waals surface area contributed by atoms with Gasteiger partial charge in [0.1, 0.15) is 6.33 Å². The van der Waals surface area contributed by atoms with Crippen molar-refractivity contribution < 1.29 is 4.92 Å². The normalized spacial score (nSPS) is 10.6. The SMILES string of the molecule is Cc1cc(C)n(-c2ncnc(Nc3cccc(Cl)c3)c2[N+](=O)[O-])n1. The minimum Gasteiger partial charge on any atom is -0.334 e. The number of halogens is 1. The first-order valence-corrected chi connectivity index (χ1v) is 7.39. The lowest BCUT2D eigenvalue weighted by atomic mass is 10.3. The first-order valence-electron chi connectivity index (χ1n) is 7.01. The molecule has 122 valence electrons. The van der Waals surface area contributed by atoms with E-state index in [-0.39, 0.29) is 17.3 Å². The molecule has 0 amide bonds. The largest absolute Gasteiger partial charge is 0.355 e. The van der Waals surface area contributed by atoms with Gasteiger partial charge in [-0.05, 0) is 38.1 Å². The second-order valence-electron chi connectivity index (χ2n) is 5.13. The topological polar surface area (TPSA) is 98.8 Å². The molecule has 0 radical (unpaired) electrons. The Morgan fingerprint density at radius 1 is 1.25 bits per heavy atom. The fraction of sp³-hybridized carbons (Fsp3) is 0.133. The van der Waals surface area contributed by atoms with Crippen molar-refractivity contribution in [1.82, 2.24) is 19.7 Å². The summed E-state index contributed by atoms with van der Waals surface area (Å²) in [6, 6.07) is 8.65. The third-order valence-electron chi connectivity index (χ3n) is 3.28. The molecule has 0 aliphatic carbocycles. The lowest BCUT2D eigenvalue weighted by Gasteiger charge is -2.09. The van der Waals surface area contributed by atoms with Crippen LogP contribution in [0.4, 0.5) is 17.2 Å².